The molecule has 0 aliphatic rings. The Morgan fingerprint density at radius 1 is 1.08 bits per heavy atom. The van der Waals surface area contributed by atoms with Crippen LogP contribution in [0.1, 0.15) is 31.9 Å². The van der Waals surface area contributed by atoms with Crippen molar-refractivity contribution in [2.24, 2.45) is 0 Å². The van der Waals surface area contributed by atoms with E-state index in [1.165, 1.54) is 12.1 Å². The van der Waals surface area contributed by atoms with Gasteiger partial charge in [-0.05, 0) is 57.2 Å². The van der Waals surface area contributed by atoms with Crippen molar-refractivity contribution in [2.75, 3.05) is 11.9 Å². The van der Waals surface area contributed by atoms with Gasteiger partial charge in [0.05, 0.1) is 10.0 Å². The predicted octanol–water partition coefficient (Wildman–Crippen LogP) is 5.78. The van der Waals surface area contributed by atoms with Gasteiger partial charge in [0.25, 0.3) is 5.91 Å². The van der Waals surface area contributed by atoms with Gasteiger partial charge in [-0.3, -0.25) is 4.79 Å². The summed E-state index contributed by atoms with van der Waals surface area (Å²) in [5, 5.41) is 2.40. The van der Waals surface area contributed by atoms with E-state index >= 15 is 0 Å². The van der Waals surface area contributed by atoms with E-state index < -0.39 is 17.6 Å². The topological polar surface area (TPSA) is 38.3 Å². The van der Waals surface area contributed by atoms with Crippen LogP contribution in [0.4, 0.5) is 18.9 Å². The smallest absolute Gasteiger partial charge is 0.416 e. The number of anilines is 1. The molecule has 0 bridgehead atoms. The highest BCUT2D eigenvalue weighted by Crippen LogP contribution is 2.32. The fourth-order valence-electron chi connectivity index (χ4n) is 2.20. The summed E-state index contributed by atoms with van der Waals surface area (Å²) in [6, 6.07) is 10.0. The van der Waals surface area contributed by atoms with Crippen LogP contribution < -0.4 is 10.1 Å². The Hall–Kier alpha value is -2.02. The average Bonchev–Trinajstić information content (AvgIpc) is 2.52. The zero-order chi connectivity index (χ0) is 19.5. The summed E-state index contributed by atoms with van der Waals surface area (Å²) in [5.74, 6) is -0.0617. The monoisotopic (exact) mass is 429 g/mol. The fraction of sp³-hybridized carbons (Fsp3) is 0.316. The highest BCUT2D eigenvalue weighted by atomic mass is 79.9. The van der Waals surface area contributed by atoms with Gasteiger partial charge in [-0.2, -0.15) is 13.2 Å². The number of carbonyl (C=O) groups excluding carboxylic acids is 1. The lowest BCUT2D eigenvalue weighted by Crippen LogP contribution is -2.20. The molecule has 0 radical (unpaired) electrons. The van der Waals surface area contributed by atoms with Crippen LogP contribution in [-0.4, -0.2) is 12.5 Å². The van der Waals surface area contributed by atoms with Crippen molar-refractivity contribution in [1.82, 2.24) is 0 Å². The lowest BCUT2D eigenvalue weighted by Gasteiger charge is -2.20. The minimum atomic E-state index is -4.46. The van der Waals surface area contributed by atoms with Crippen molar-refractivity contribution in [1.29, 1.82) is 0 Å². The summed E-state index contributed by atoms with van der Waals surface area (Å²) < 4.78 is 44.2. The lowest BCUT2D eigenvalue weighted by molar-refractivity contribution is -0.137. The number of nitrogens with one attached hydrogen (secondary N) is 1. The van der Waals surface area contributed by atoms with E-state index in [-0.39, 0.29) is 17.7 Å². The van der Waals surface area contributed by atoms with Crippen molar-refractivity contribution in [3.8, 4) is 5.75 Å². The maximum absolute atomic E-state index is 12.7. The minimum absolute atomic E-state index is 0.0259. The Kier molecular flexibility index (Phi) is 6.01. The number of alkyl halides is 3. The minimum Gasteiger partial charge on any atom is -0.483 e. The first-order chi connectivity index (χ1) is 12.0. The highest BCUT2D eigenvalue weighted by Gasteiger charge is 2.30. The molecule has 1 N–H and O–H groups in total. The summed E-state index contributed by atoms with van der Waals surface area (Å²) >= 11 is 3.41. The molecule has 2 aromatic carbocycles. The van der Waals surface area contributed by atoms with Crippen LogP contribution >= 0.6 is 15.9 Å². The number of rotatable bonds is 4. The molecule has 3 nitrogen and oxygen atoms in total. The van der Waals surface area contributed by atoms with E-state index in [1.54, 1.807) is 6.07 Å². The van der Waals surface area contributed by atoms with Crippen LogP contribution in [0, 0.1) is 0 Å². The number of hydrogen-bond acceptors (Lipinski definition) is 2. The van der Waals surface area contributed by atoms with Gasteiger partial charge in [0, 0.05) is 5.69 Å². The van der Waals surface area contributed by atoms with Crippen LogP contribution in [0.15, 0.2) is 46.9 Å². The molecule has 0 spiro atoms. The molecule has 7 heteroatoms. The molecule has 0 saturated heterocycles. The molecule has 2 rings (SSSR count). The molecule has 0 aliphatic heterocycles. The number of benzene rings is 2. The third-order valence-electron chi connectivity index (χ3n) is 3.63. The lowest BCUT2D eigenvalue weighted by atomic mass is 9.87. The molecular formula is C19H19BrF3NO2. The van der Waals surface area contributed by atoms with Gasteiger partial charge in [0.15, 0.2) is 6.61 Å². The molecule has 0 saturated carbocycles. The van der Waals surface area contributed by atoms with E-state index in [2.05, 4.69) is 42.0 Å². The molecule has 0 unspecified atom stereocenters. The summed E-state index contributed by atoms with van der Waals surface area (Å²) in [6.45, 7) is 5.93. The Morgan fingerprint density at radius 3 is 2.35 bits per heavy atom. The van der Waals surface area contributed by atoms with Gasteiger partial charge in [-0.15, -0.1) is 0 Å². The second-order valence-corrected chi connectivity index (χ2v) is 7.66. The van der Waals surface area contributed by atoms with E-state index in [4.69, 9.17) is 4.74 Å². The summed E-state index contributed by atoms with van der Waals surface area (Å²) in [5.41, 5.74) is 0.319. The van der Waals surface area contributed by atoms with E-state index in [9.17, 15) is 18.0 Å². The molecule has 0 atom stereocenters. The molecule has 140 valence electrons. The molecule has 1 amide bonds. The Labute approximate surface area is 158 Å². The maximum atomic E-state index is 12.7. The first-order valence-electron chi connectivity index (χ1n) is 7.87. The average molecular weight is 430 g/mol. The van der Waals surface area contributed by atoms with E-state index in [0.29, 0.717) is 10.2 Å². The molecule has 0 aliphatic carbocycles. The third-order valence-corrected chi connectivity index (χ3v) is 4.25. The van der Waals surface area contributed by atoms with Crippen molar-refractivity contribution in [3.63, 3.8) is 0 Å². The van der Waals surface area contributed by atoms with Crippen LogP contribution in [0.5, 0.6) is 5.75 Å². The van der Waals surface area contributed by atoms with E-state index in [1.807, 2.05) is 12.1 Å². The number of ether oxygens (including phenoxy) is 1. The summed E-state index contributed by atoms with van der Waals surface area (Å²) in [4.78, 5) is 12.0. The summed E-state index contributed by atoms with van der Waals surface area (Å²) in [7, 11) is 0. The van der Waals surface area contributed by atoms with Gasteiger partial charge in [-0.25, -0.2) is 0 Å². The highest BCUT2D eigenvalue weighted by molar-refractivity contribution is 9.10. The van der Waals surface area contributed by atoms with Crippen LogP contribution in [0.25, 0.3) is 0 Å². The van der Waals surface area contributed by atoms with Crippen molar-refractivity contribution < 1.29 is 22.7 Å². The number of hydrogen-bond donors (Lipinski definition) is 1. The largest absolute Gasteiger partial charge is 0.483 e. The molecule has 26 heavy (non-hydrogen) atoms. The Bertz CT molecular complexity index is 798. The van der Waals surface area contributed by atoms with Gasteiger partial charge < -0.3 is 10.1 Å². The number of halogens is 4. The zero-order valence-corrected chi connectivity index (χ0v) is 16.2. The normalized spacial score (nSPS) is 12.0. The Balaban J connectivity index is 1.99. The van der Waals surface area contributed by atoms with Crippen LogP contribution in [-0.2, 0) is 16.4 Å². The second-order valence-electron chi connectivity index (χ2n) is 6.81. The SMILES string of the molecule is CC(C)(C)c1ccc(OCC(=O)Nc2cccc(C(F)(F)F)c2)c(Br)c1. The van der Waals surface area contributed by atoms with Crippen LogP contribution in [0.3, 0.4) is 0 Å². The second kappa shape index (κ2) is 7.70. The first kappa shape index (κ1) is 20.3. The van der Waals surface area contributed by atoms with Crippen molar-refractivity contribution in [2.45, 2.75) is 32.4 Å². The van der Waals surface area contributed by atoms with Gasteiger partial charge in [0.2, 0.25) is 0 Å². The van der Waals surface area contributed by atoms with Gasteiger partial charge in [0.1, 0.15) is 5.75 Å². The van der Waals surface area contributed by atoms with Gasteiger partial charge in [-0.1, -0.05) is 32.9 Å². The quantitative estimate of drug-likeness (QED) is 0.668. The Morgan fingerprint density at radius 2 is 1.77 bits per heavy atom. The molecule has 0 heterocycles. The van der Waals surface area contributed by atoms with Gasteiger partial charge >= 0.3 is 6.18 Å². The first-order valence-corrected chi connectivity index (χ1v) is 8.66. The molecular weight excluding hydrogens is 411 g/mol. The number of amides is 1. The van der Waals surface area contributed by atoms with Crippen molar-refractivity contribution in [3.05, 3.63) is 58.1 Å². The molecule has 0 aromatic heterocycles. The zero-order valence-electron chi connectivity index (χ0n) is 14.6. The van der Waals surface area contributed by atoms with E-state index in [0.717, 1.165) is 17.7 Å². The summed E-state index contributed by atoms with van der Waals surface area (Å²) in [6.07, 6.45) is -4.46. The van der Waals surface area contributed by atoms with Crippen molar-refractivity contribution >= 4 is 27.5 Å². The fourth-order valence-corrected chi connectivity index (χ4v) is 2.69. The molecule has 2 aromatic rings. The molecule has 0 fully saturated rings. The van der Waals surface area contributed by atoms with Crippen LogP contribution in [0.2, 0.25) is 0 Å². The predicted molar refractivity (Wildman–Crippen MR) is 98.4 cm³/mol. The maximum Gasteiger partial charge on any atom is 0.416 e. The standard InChI is InChI=1S/C19H19BrF3NO2/c1-18(2,3)12-7-8-16(15(20)10-12)26-11-17(25)24-14-6-4-5-13(9-14)19(21,22)23/h4-10H,11H2,1-3H3,(H,24,25). The number of carbonyl (C=O) groups is 1. The third kappa shape index (κ3) is 5.49.